The van der Waals surface area contributed by atoms with E-state index in [-0.39, 0.29) is 23.6 Å². The first kappa shape index (κ1) is 30.8. The molecule has 3 aliphatic carbocycles. The van der Waals surface area contributed by atoms with E-state index in [1.54, 1.807) is 30.4 Å². The number of carbonyl (C=O) groups is 2. The fraction of sp³-hybridized carbons (Fsp3) is 0.543. The molecule has 2 saturated heterocycles. The number of nitrogens with zero attached hydrogens (tertiary/aromatic N) is 1. The molecule has 1 N–H and O–H groups in total. The van der Waals surface area contributed by atoms with Crippen molar-refractivity contribution in [1.29, 1.82) is 0 Å². The smallest absolute Gasteiger partial charge is 0.421 e. The average Bonchev–Trinajstić information content (AvgIpc) is 3.23. The van der Waals surface area contributed by atoms with E-state index in [4.69, 9.17) is 9.47 Å². The number of nitrogens with one attached hydrogen (secondary N) is 1. The summed E-state index contributed by atoms with van der Waals surface area (Å²) in [5, 5.41) is 2.78. The van der Waals surface area contributed by atoms with Gasteiger partial charge in [0.15, 0.2) is 5.72 Å². The Bertz CT molecular complexity index is 1430. The first-order chi connectivity index (χ1) is 20.8. The summed E-state index contributed by atoms with van der Waals surface area (Å²) >= 11 is 0. The van der Waals surface area contributed by atoms with E-state index >= 15 is 0 Å². The van der Waals surface area contributed by atoms with Crippen LogP contribution >= 0.6 is 0 Å². The van der Waals surface area contributed by atoms with Crippen molar-refractivity contribution in [2.45, 2.75) is 76.9 Å². The Morgan fingerprint density at radius 2 is 1.98 bits per heavy atom. The number of likely N-dealkylation sites (tertiary alicyclic amines) is 1. The third-order valence-electron chi connectivity index (χ3n) is 10.8. The standard InChI is InChI=1S/C35H41F3N2O4/c1-5-17-40(21-22(2)3)18-16-33-26-12-9-13-30(33)44-34(15-14-29(43-23(4)41)25(31(33)34)20-28(26)40)39-32(42)27(35(36,37)38)19-24-10-7-6-8-11-24/h5-8,10-11,14-15,19,22,26,28,30-31H,1,9,12-13,16-18,20-21H2,2-4H3/p+1/t26-,28+,30-,31?,33+,34?,40?/m0/s1. The van der Waals surface area contributed by atoms with Gasteiger partial charge < -0.3 is 19.3 Å². The highest BCUT2D eigenvalue weighted by molar-refractivity contribution is 5.99. The molecule has 2 heterocycles. The lowest BCUT2D eigenvalue weighted by Crippen LogP contribution is -2.73. The largest absolute Gasteiger partial charge is 0.427 e. The molecule has 9 heteroatoms. The number of rotatable bonds is 8. The lowest BCUT2D eigenvalue weighted by molar-refractivity contribution is -0.961. The van der Waals surface area contributed by atoms with E-state index in [9.17, 15) is 22.8 Å². The average molecular weight is 612 g/mol. The minimum Gasteiger partial charge on any atom is -0.427 e. The first-order valence-electron chi connectivity index (χ1n) is 15.8. The molecule has 5 aliphatic rings. The Hall–Kier alpha value is -3.17. The summed E-state index contributed by atoms with van der Waals surface area (Å²) in [5.41, 5.74) is -2.03. The summed E-state index contributed by atoms with van der Waals surface area (Å²) in [6, 6.07) is 8.24. The molecule has 1 aromatic rings. The normalized spacial score (nSPS) is 35.8. The molecule has 0 radical (unpaired) electrons. The second-order valence-corrected chi connectivity index (χ2v) is 13.7. The van der Waals surface area contributed by atoms with Crippen LogP contribution in [0.25, 0.3) is 6.08 Å². The van der Waals surface area contributed by atoms with Crippen LogP contribution in [0.5, 0.6) is 0 Å². The molecule has 0 aromatic heterocycles. The van der Waals surface area contributed by atoms with Crippen molar-refractivity contribution in [1.82, 2.24) is 5.32 Å². The molecule has 1 aromatic carbocycles. The van der Waals surface area contributed by atoms with Gasteiger partial charge in [0.25, 0.3) is 5.91 Å². The van der Waals surface area contributed by atoms with Gasteiger partial charge in [-0.05, 0) is 48.3 Å². The number of piperidine rings is 1. The highest BCUT2D eigenvalue weighted by atomic mass is 19.4. The minimum absolute atomic E-state index is 0.217. The third-order valence-corrected chi connectivity index (χ3v) is 10.8. The number of quaternary nitrogens is 1. The van der Waals surface area contributed by atoms with E-state index in [1.807, 2.05) is 6.08 Å². The minimum atomic E-state index is -4.89. The van der Waals surface area contributed by atoms with E-state index in [2.05, 4.69) is 25.7 Å². The van der Waals surface area contributed by atoms with Crippen LogP contribution in [-0.2, 0) is 19.1 Å². The molecule has 236 valence electrons. The zero-order valence-electron chi connectivity index (χ0n) is 25.7. The molecule has 2 saturated carbocycles. The number of hydrogen-bond donors (Lipinski definition) is 1. The summed E-state index contributed by atoms with van der Waals surface area (Å²) in [7, 11) is 0. The topological polar surface area (TPSA) is 64.6 Å². The van der Waals surface area contributed by atoms with Gasteiger partial charge in [-0.1, -0.05) is 57.2 Å². The fourth-order valence-electron chi connectivity index (χ4n) is 9.67. The number of benzene rings is 1. The maximum Gasteiger partial charge on any atom is 0.421 e. The van der Waals surface area contributed by atoms with Crippen molar-refractivity contribution in [3.05, 3.63) is 77.6 Å². The fourth-order valence-corrected chi connectivity index (χ4v) is 9.67. The summed E-state index contributed by atoms with van der Waals surface area (Å²) in [6.45, 7) is 12.6. The van der Waals surface area contributed by atoms with Crippen LogP contribution in [0.1, 0.15) is 58.4 Å². The molecule has 1 amide bonds. The summed E-state index contributed by atoms with van der Waals surface area (Å²) in [6.07, 6.45) is 5.12. The number of hydrogen-bond acceptors (Lipinski definition) is 4. The molecule has 7 atom stereocenters. The number of alkyl halides is 3. The zero-order valence-corrected chi connectivity index (χ0v) is 25.7. The second kappa shape index (κ2) is 11.0. The summed E-state index contributed by atoms with van der Waals surface area (Å²) in [4.78, 5) is 26.0. The highest BCUT2D eigenvalue weighted by Crippen LogP contribution is 2.70. The molecule has 1 spiro atoms. The number of carbonyl (C=O) groups excluding carboxylic acids is 2. The number of ether oxygens (including phenoxy) is 2. The van der Waals surface area contributed by atoms with Crippen molar-refractivity contribution in [3.8, 4) is 0 Å². The SMILES string of the molecule is C=CC[N+]1(CC(C)C)CC[C@]23C4C5=C(OC(C)=O)C=CC4(NC(=O)C(=Cc4ccccc4)C(F)(F)F)O[C@H]2CCC[C@H]3[C@H]1C5. The second-order valence-electron chi connectivity index (χ2n) is 13.7. The lowest BCUT2D eigenvalue weighted by atomic mass is 9.46. The molecular formula is C35H42F3N2O4+. The maximum absolute atomic E-state index is 14.4. The van der Waals surface area contributed by atoms with Gasteiger partial charge in [0, 0.05) is 42.9 Å². The van der Waals surface area contributed by atoms with Gasteiger partial charge >= 0.3 is 12.1 Å². The quantitative estimate of drug-likeness (QED) is 0.159. The summed E-state index contributed by atoms with van der Waals surface area (Å²) in [5.74, 6) is -1.01. The third kappa shape index (κ3) is 4.87. The van der Waals surface area contributed by atoms with Crippen LogP contribution in [0.4, 0.5) is 13.2 Å². The van der Waals surface area contributed by atoms with Crippen LogP contribution in [0.3, 0.4) is 0 Å². The van der Waals surface area contributed by atoms with Crippen LogP contribution in [-0.4, -0.2) is 60.0 Å². The first-order valence-corrected chi connectivity index (χ1v) is 15.8. The van der Waals surface area contributed by atoms with Gasteiger partial charge in [-0.25, -0.2) is 0 Å². The molecular weight excluding hydrogens is 569 g/mol. The van der Waals surface area contributed by atoms with Gasteiger partial charge in [-0.15, -0.1) is 0 Å². The van der Waals surface area contributed by atoms with Gasteiger partial charge in [0.05, 0.1) is 31.8 Å². The van der Waals surface area contributed by atoms with Crippen LogP contribution in [0, 0.1) is 23.2 Å². The monoisotopic (exact) mass is 611 g/mol. The van der Waals surface area contributed by atoms with Gasteiger partial charge in [-0.2, -0.15) is 13.2 Å². The van der Waals surface area contributed by atoms with E-state index in [1.165, 1.54) is 19.1 Å². The lowest BCUT2D eigenvalue weighted by Gasteiger charge is -2.65. The Balaban J connectivity index is 1.47. The Morgan fingerprint density at radius 1 is 1.23 bits per heavy atom. The number of halogens is 3. The van der Waals surface area contributed by atoms with Crippen molar-refractivity contribution >= 4 is 18.0 Å². The number of allylic oxidation sites excluding steroid dienone is 1. The molecule has 2 aliphatic heterocycles. The Labute approximate surface area is 257 Å². The molecule has 2 bridgehead atoms. The molecule has 4 fully saturated rings. The van der Waals surface area contributed by atoms with Crippen molar-refractivity contribution in [3.63, 3.8) is 0 Å². The molecule has 44 heavy (non-hydrogen) atoms. The summed E-state index contributed by atoms with van der Waals surface area (Å²) < 4.78 is 56.7. The molecule has 6 rings (SSSR count). The number of esters is 1. The Morgan fingerprint density at radius 3 is 2.64 bits per heavy atom. The van der Waals surface area contributed by atoms with Crippen LogP contribution in [0.15, 0.2) is 72.0 Å². The molecule has 6 nitrogen and oxygen atoms in total. The van der Waals surface area contributed by atoms with E-state index in [0.29, 0.717) is 18.1 Å². The van der Waals surface area contributed by atoms with E-state index in [0.717, 1.165) is 61.4 Å². The molecule has 3 unspecified atom stereocenters. The van der Waals surface area contributed by atoms with E-state index < -0.39 is 40.7 Å². The Kier molecular flexibility index (Phi) is 7.72. The van der Waals surface area contributed by atoms with Crippen LogP contribution < -0.4 is 5.32 Å². The van der Waals surface area contributed by atoms with Crippen molar-refractivity contribution in [2.75, 3.05) is 19.6 Å². The number of amides is 1. The van der Waals surface area contributed by atoms with Crippen LogP contribution in [0.2, 0.25) is 0 Å². The predicted octanol–water partition coefficient (Wildman–Crippen LogP) is 6.47. The zero-order chi connectivity index (χ0) is 31.5. The van der Waals surface area contributed by atoms with Gasteiger partial charge in [0.1, 0.15) is 11.3 Å². The van der Waals surface area contributed by atoms with Gasteiger partial charge in [-0.3, -0.25) is 9.59 Å². The maximum atomic E-state index is 14.4. The van der Waals surface area contributed by atoms with Crippen molar-refractivity contribution < 1.29 is 36.7 Å². The predicted molar refractivity (Wildman–Crippen MR) is 160 cm³/mol. The van der Waals surface area contributed by atoms with Gasteiger partial charge in [0.2, 0.25) is 0 Å². The highest BCUT2D eigenvalue weighted by Gasteiger charge is 2.75. The van der Waals surface area contributed by atoms with Crippen molar-refractivity contribution in [2.24, 2.45) is 23.2 Å².